The highest BCUT2D eigenvalue weighted by Crippen LogP contribution is 2.31. The second kappa shape index (κ2) is 6.25. The predicted octanol–water partition coefficient (Wildman–Crippen LogP) is 2.73. The summed E-state index contributed by atoms with van der Waals surface area (Å²) in [6.07, 6.45) is 2.40. The molecule has 20 heavy (non-hydrogen) atoms. The van der Waals surface area contributed by atoms with Crippen molar-refractivity contribution in [2.75, 3.05) is 6.54 Å². The molecule has 0 aliphatic heterocycles. The standard InChI is InChI=1S/C16H18N2O.ClH/c17-15(12-6-7-12)10-18-16(19)14-8-5-11-3-1-2-4-13(11)9-14;/h1-5,8-9,12,15H,6-7,10,17H2,(H,18,19);1H. The zero-order chi connectivity index (χ0) is 13.2. The van der Waals surface area contributed by atoms with Gasteiger partial charge in [-0.15, -0.1) is 12.4 Å². The third-order valence-corrected chi connectivity index (χ3v) is 3.74. The molecule has 0 aromatic heterocycles. The quantitative estimate of drug-likeness (QED) is 0.910. The SMILES string of the molecule is Cl.NC(CNC(=O)c1ccc2ccccc2c1)C1CC1. The van der Waals surface area contributed by atoms with Crippen LogP contribution in [0.2, 0.25) is 0 Å². The minimum atomic E-state index is -0.0400. The monoisotopic (exact) mass is 290 g/mol. The molecule has 106 valence electrons. The molecule has 3 rings (SSSR count). The van der Waals surface area contributed by atoms with Crippen molar-refractivity contribution < 1.29 is 4.79 Å². The zero-order valence-electron chi connectivity index (χ0n) is 11.2. The van der Waals surface area contributed by atoms with Crippen molar-refractivity contribution >= 4 is 29.1 Å². The number of halogens is 1. The molecule has 1 atom stereocenters. The maximum Gasteiger partial charge on any atom is 0.251 e. The molecular weight excluding hydrogens is 272 g/mol. The highest BCUT2D eigenvalue weighted by molar-refractivity contribution is 5.98. The van der Waals surface area contributed by atoms with Crippen LogP contribution in [0.3, 0.4) is 0 Å². The number of nitrogens with one attached hydrogen (secondary N) is 1. The Morgan fingerprint density at radius 1 is 1.20 bits per heavy atom. The van der Waals surface area contributed by atoms with E-state index in [1.807, 2.05) is 42.5 Å². The molecule has 4 heteroatoms. The van der Waals surface area contributed by atoms with Crippen LogP contribution in [0.15, 0.2) is 42.5 Å². The lowest BCUT2D eigenvalue weighted by Gasteiger charge is -2.11. The van der Waals surface area contributed by atoms with Gasteiger partial charge >= 0.3 is 0 Å². The minimum absolute atomic E-state index is 0. The first-order chi connectivity index (χ1) is 9.24. The van der Waals surface area contributed by atoms with E-state index < -0.39 is 0 Å². The van der Waals surface area contributed by atoms with Crippen LogP contribution >= 0.6 is 12.4 Å². The van der Waals surface area contributed by atoms with Crippen LogP contribution in [0.25, 0.3) is 10.8 Å². The van der Waals surface area contributed by atoms with Gasteiger partial charge in [-0.3, -0.25) is 4.79 Å². The summed E-state index contributed by atoms with van der Waals surface area (Å²) in [4.78, 5) is 12.1. The van der Waals surface area contributed by atoms with Crippen molar-refractivity contribution in [2.24, 2.45) is 11.7 Å². The molecule has 3 nitrogen and oxygen atoms in total. The lowest BCUT2D eigenvalue weighted by Crippen LogP contribution is -2.38. The van der Waals surface area contributed by atoms with Gasteiger partial charge in [0.25, 0.3) is 5.91 Å². The summed E-state index contributed by atoms with van der Waals surface area (Å²) in [5.74, 6) is 0.568. The lowest BCUT2D eigenvalue weighted by molar-refractivity contribution is 0.0950. The number of amides is 1. The number of hydrogen-bond acceptors (Lipinski definition) is 2. The van der Waals surface area contributed by atoms with Gasteiger partial charge in [0, 0.05) is 18.2 Å². The number of rotatable bonds is 4. The van der Waals surface area contributed by atoms with Gasteiger partial charge < -0.3 is 11.1 Å². The van der Waals surface area contributed by atoms with E-state index in [-0.39, 0.29) is 24.4 Å². The fourth-order valence-corrected chi connectivity index (χ4v) is 2.33. The number of hydrogen-bond donors (Lipinski definition) is 2. The second-order valence-corrected chi connectivity index (χ2v) is 5.27. The van der Waals surface area contributed by atoms with Crippen molar-refractivity contribution in [1.29, 1.82) is 0 Å². The van der Waals surface area contributed by atoms with Crippen LogP contribution < -0.4 is 11.1 Å². The van der Waals surface area contributed by atoms with Crippen LogP contribution in [0.5, 0.6) is 0 Å². The maximum absolute atomic E-state index is 12.1. The Hall–Kier alpha value is -1.58. The molecule has 1 amide bonds. The molecule has 0 heterocycles. The molecule has 1 aliphatic rings. The van der Waals surface area contributed by atoms with E-state index in [9.17, 15) is 4.79 Å². The van der Waals surface area contributed by atoms with Crippen LogP contribution in [0.1, 0.15) is 23.2 Å². The van der Waals surface area contributed by atoms with Gasteiger partial charge in [0.05, 0.1) is 0 Å². The van der Waals surface area contributed by atoms with Crippen LogP contribution in [0, 0.1) is 5.92 Å². The molecule has 0 bridgehead atoms. The molecule has 0 radical (unpaired) electrons. The second-order valence-electron chi connectivity index (χ2n) is 5.27. The van der Waals surface area contributed by atoms with Gasteiger partial charge in [-0.25, -0.2) is 0 Å². The summed E-state index contributed by atoms with van der Waals surface area (Å²) in [7, 11) is 0. The molecule has 1 fully saturated rings. The van der Waals surface area contributed by atoms with E-state index in [1.165, 1.54) is 12.8 Å². The molecule has 2 aromatic carbocycles. The first-order valence-electron chi connectivity index (χ1n) is 6.76. The third kappa shape index (κ3) is 3.30. The summed E-state index contributed by atoms with van der Waals surface area (Å²) < 4.78 is 0. The number of nitrogens with two attached hydrogens (primary N) is 1. The summed E-state index contributed by atoms with van der Waals surface area (Å²) in [6, 6.07) is 13.9. The average molecular weight is 291 g/mol. The van der Waals surface area contributed by atoms with Gasteiger partial charge in [-0.05, 0) is 41.7 Å². The highest BCUT2D eigenvalue weighted by Gasteiger charge is 2.28. The van der Waals surface area contributed by atoms with E-state index >= 15 is 0 Å². The highest BCUT2D eigenvalue weighted by atomic mass is 35.5. The van der Waals surface area contributed by atoms with Crippen LogP contribution in [0.4, 0.5) is 0 Å². The zero-order valence-corrected chi connectivity index (χ0v) is 12.0. The number of benzene rings is 2. The van der Waals surface area contributed by atoms with Crippen molar-refractivity contribution in [3.8, 4) is 0 Å². The molecule has 0 spiro atoms. The summed E-state index contributed by atoms with van der Waals surface area (Å²) >= 11 is 0. The van der Waals surface area contributed by atoms with E-state index in [2.05, 4.69) is 5.32 Å². The first kappa shape index (κ1) is 14.8. The molecule has 1 aliphatic carbocycles. The Bertz CT molecular complexity index is 610. The Morgan fingerprint density at radius 2 is 1.90 bits per heavy atom. The fraction of sp³-hybridized carbons (Fsp3) is 0.312. The Kier molecular flexibility index (Phi) is 4.63. The van der Waals surface area contributed by atoms with Gasteiger partial charge in [-0.1, -0.05) is 30.3 Å². The van der Waals surface area contributed by atoms with Crippen molar-refractivity contribution in [3.05, 3.63) is 48.0 Å². The summed E-state index contributed by atoms with van der Waals surface area (Å²) in [5, 5.41) is 5.15. The van der Waals surface area contributed by atoms with Crippen LogP contribution in [-0.2, 0) is 0 Å². The van der Waals surface area contributed by atoms with Gasteiger partial charge in [-0.2, -0.15) is 0 Å². The Labute approximate surface area is 125 Å². The minimum Gasteiger partial charge on any atom is -0.350 e. The predicted molar refractivity (Wildman–Crippen MR) is 84.2 cm³/mol. The topological polar surface area (TPSA) is 55.1 Å². The number of fused-ring (bicyclic) bond motifs is 1. The summed E-state index contributed by atoms with van der Waals surface area (Å²) in [5.41, 5.74) is 6.68. The molecule has 2 aromatic rings. The Morgan fingerprint density at radius 3 is 2.60 bits per heavy atom. The molecule has 3 N–H and O–H groups in total. The van der Waals surface area contributed by atoms with Crippen molar-refractivity contribution in [3.63, 3.8) is 0 Å². The van der Waals surface area contributed by atoms with E-state index in [0.717, 1.165) is 10.8 Å². The number of carbonyl (C=O) groups excluding carboxylic acids is 1. The van der Waals surface area contributed by atoms with Gasteiger partial charge in [0.15, 0.2) is 0 Å². The number of carbonyl (C=O) groups is 1. The van der Waals surface area contributed by atoms with Gasteiger partial charge in [0.2, 0.25) is 0 Å². The van der Waals surface area contributed by atoms with Crippen molar-refractivity contribution in [2.45, 2.75) is 18.9 Å². The average Bonchev–Trinajstić information content (AvgIpc) is 3.28. The largest absolute Gasteiger partial charge is 0.350 e. The summed E-state index contributed by atoms with van der Waals surface area (Å²) in [6.45, 7) is 0.566. The van der Waals surface area contributed by atoms with Gasteiger partial charge in [0.1, 0.15) is 0 Å². The molecule has 0 saturated heterocycles. The van der Waals surface area contributed by atoms with Crippen molar-refractivity contribution in [1.82, 2.24) is 5.32 Å². The van der Waals surface area contributed by atoms with E-state index in [0.29, 0.717) is 18.0 Å². The van der Waals surface area contributed by atoms with Crippen LogP contribution in [-0.4, -0.2) is 18.5 Å². The normalized spacial score (nSPS) is 15.4. The molecular formula is C16H19ClN2O. The first-order valence-corrected chi connectivity index (χ1v) is 6.76. The lowest BCUT2D eigenvalue weighted by atomic mass is 10.1. The maximum atomic E-state index is 12.1. The fourth-order valence-electron chi connectivity index (χ4n) is 2.33. The molecule has 1 saturated carbocycles. The van der Waals surface area contributed by atoms with E-state index in [4.69, 9.17) is 5.73 Å². The third-order valence-electron chi connectivity index (χ3n) is 3.74. The van der Waals surface area contributed by atoms with E-state index in [1.54, 1.807) is 0 Å². The Balaban J connectivity index is 0.00000147. The smallest absolute Gasteiger partial charge is 0.251 e. The molecule has 1 unspecified atom stereocenters.